The van der Waals surface area contributed by atoms with Gasteiger partial charge in [0.25, 0.3) is 10.2 Å². The predicted octanol–water partition coefficient (Wildman–Crippen LogP) is 1.54. The number of morpholine rings is 1. The average Bonchev–Trinajstić information content (AvgIpc) is 2.98. The zero-order chi connectivity index (χ0) is 14.9. The van der Waals surface area contributed by atoms with Crippen LogP contribution in [0.5, 0.6) is 0 Å². The summed E-state index contributed by atoms with van der Waals surface area (Å²) in [4.78, 5) is 0. The van der Waals surface area contributed by atoms with Gasteiger partial charge in [0.2, 0.25) is 0 Å². The molecule has 2 heterocycles. The van der Waals surface area contributed by atoms with Crippen molar-refractivity contribution < 1.29 is 17.5 Å². The van der Waals surface area contributed by atoms with Crippen molar-refractivity contribution in [2.45, 2.75) is 18.9 Å². The van der Waals surface area contributed by atoms with Crippen LogP contribution in [0.3, 0.4) is 0 Å². The topological polar surface area (TPSA) is 49.9 Å². The summed E-state index contributed by atoms with van der Waals surface area (Å²) >= 11 is 0. The van der Waals surface area contributed by atoms with Gasteiger partial charge >= 0.3 is 0 Å². The highest BCUT2D eigenvalue weighted by atomic mass is 32.2. The van der Waals surface area contributed by atoms with E-state index in [9.17, 15) is 12.8 Å². The molecule has 0 amide bonds. The highest BCUT2D eigenvalue weighted by Gasteiger charge is 2.39. The van der Waals surface area contributed by atoms with E-state index in [1.165, 1.54) is 20.7 Å². The van der Waals surface area contributed by atoms with E-state index in [-0.39, 0.29) is 11.9 Å². The Kier molecular flexibility index (Phi) is 4.26. The molecule has 0 bridgehead atoms. The second-order valence-electron chi connectivity index (χ2n) is 5.34. The van der Waals surface area contributed by atoms with Crippen LogP contribution in [0.25, 0.3) is 0 Å². The lowest BCUT2D eigenvalue weighted by Gasteiger charge is -2.33. The van der Waals surface area contributed by atoms with Crippen molar-refractivity contribution in [3.8, 4) is 0 Å². The average molecular weight is 314 g/mol. The molecule has 0 aliphatic carbocycles. The fraction of sp³-hybridized carbons (Fsp3) is 0.571. The third-order valence-corrected chi connectivity index (χ3v) is 6.08. The van der Waals surface area contributed by atoms with Gasteiger partial charge in [-0.2, -0.15) is 17.0 Å². The van der Waals surface area contributed by atoms with Crippen molar-refractivity contribution >= 4 is 10.2 Å². The number of rotatable bonds is 3. The van der Waals surface area contributed by atoms with E-state index in [1.54, 1.807) is 12.1 Å². The first-order chi connectivity index (χ1) is 10.1. The Morgan fingerprint density at radius 1 is 1.19 bits per heavy atom. The predicted molar refractivity (Wildman–Crippen MR) is 76.4 cm³/mol. The number of nitrogens with zero attached hydrogens (tertiary/aromatic N) is 2. The van der Waals surface area contributed by atoms with E-state index in [0.29, 0.717) is 32.8 Å². The van der Waals surface area contributed by atoms with Crippen LogP contribution in [0.1, 0.15) is 24.4 Å². The third-order valence-electron chi connectivity index (χ3n) is 4.03. The third kappa shape index (κ3) is 2.96. The van der Waals surface area contributed by atoms with Gasteiger partial charge in [-0.05, 0) is 30.5 Å². The zero-order valence-corrected chi connectivity index (χ0v) is 12.6. The molecule has 0 radical (unpaired) electrons. The maximum atomic E-state index is 13.4. The lowest BCUT2D eigenvalue weighted by molar-refractivity contribution is 0.0699. The van der Waals surface area contributed by atoms with Crippen molar-refractivity contribution in [2.75, 3.05) is 32.8 Å². The molecular weight excluding hydrogens is 295 g/mol. The Bertz CT molecular complexity index is 602. The fourth-order valence-electron chi connectivity index (χ4n) is 2.99. The van der Waals surface area contributed by atoms with E-state index >= 15 is 0 Å². The van der Waals surface area contributed by atoms with Crippen LogP contribution in [0, 0.1) is 5.82 Å². The van der Waals surface area contributed by atoms with Crippen molar-refractivity contribution in [1.82, 2.24) is 8.61 Å². The summed E-state index contributed by atoms with van der Waals surface area (Å²) in [7, 11) is -3.51. The monoisotopic (exact) mass is 314 g/mol. The van der Waals surface area contributed by atoms with Crippen LogP contribution >= 0.6 is 0 Å². The summed E-state index contributed by atoms with van der Waals surface area (Å²) in [5, 5.41) is 0. The van der Waals surface area contributed by atoms with E-state index < -0.39 is 10.2 Å². The quantitative estimate of drug-likeness (QED) is 0.850. The molecule has 5 nitrogen and oxygen atoms in total. The molecule has 0 unspecified atom stereocenters. The van der Waals surface area contributed by atoms with Gasteiger partial charge < -0.3 is 4.74 Å². The van der Waals surface area contributed by atoms with Gasteiger partial charge in [0.05, 0.1) is 19.3 Å². The molecule has 7 heteroatoms. The molecule has 1 aromatic carbocycles. The summed E-state index contributed by atoms with van der Waals surface area (Å²) in [5.74, 6) is -0.330. The van der Waals surface area contributed by atoms with Crippen LogP contribution < -0.4 is 0 Å². The van der Waals surface area contributed by atoms with E-state index in [0.717, 1.165) is 18.4 Å². The number of ether oxygens (including phenoxy) is 1. The van der Waals surface area contributed by atoms with Gasteiger partial charge in [-0.15, -0.1) is 0 Å². The summed E-state index contributed by atoms with van der Waals surface area (Å²) in [6.07, 6.45) is 1.53. The Morgan fingerprint density at radius 2 is 1.95 bits per heavy atom. The normalized spacial score (nSPS) is 25.3. The van der Waals surface area contributed by atoms with Gasteiger partial charge in [0.1, 0.15) is 5.82 Å². The number of hydrogen-bond donors (Lipinski definition) is 0. The van der Waals surface area contributed by atoms with Crippen molar-refractivity contribution in [3.05, 3.63) is 35.6 Å². The minimum absolute atomic E-state index is 0.270. The number of halogens is 1. The van der Waals surface area contributed by atoms with Crippen molar-refractivity contribution in [1.29, 1.82) is 0 Å². The first-order valence-corrected chi connectivity index (χ1v) is 8.59. The molecule has 21 heavy (non-hydrogen) atoms. The first kappa shape index (κ1) is 14.9. The lowest BCUT2D eigenvalue weighted by Crippen LogP contribution is -2.48. The zero-order valence-electron chi connectivity index (χ0n) is 11.7. The Hall–Kier alpha value is -1.02. The summed E-state index contributed by atoms with van der Waals surface area (Å²) < 4.78 is 47.1. The van der Waals surface area contributed by atoms with Gasteiger partial charge in [0, 0.05) is 19.6 Å². The second kappa shape index (κ2) is 6.00. The molecule has 116 valence electrons. The molecule has 0 saturated carbocycles. The van der Waals surface area contributed by atoms with Crippen molar-refractivity contribution in [2.24, 2.45) is 0 Å². The van der Waals surface area contributed by atoms with Crippen molar-refractivity contribution in [3.63, 3.8) is 0 Å². The second-order valence-corrected chi connectivity index (χ2v) is 7.22. The Balaban J connectivity index is 1.86. The van der Waals surface area contributed by atoms with E-state index in [4.69, 9.17) is 4.74 Å². The molecule has 2 saturated heterocycles. The highest BCUT2D eigenvalue weighted by molar-refractivity contribution is 7.86. The first-order valence-electron chi connectivity index (χ1n) is 7.19. The standard InChI is InChI=1S/C14H19FN2O3S/c15-13-4-1-3-12(11-13)14-5-2-6-17(14)21(18,19)16-7-9-20-10-8-16/h1,3-4,11,14H,2,5-10H2/t14-/m0/s1. The molecule has 0 spiro atoms. The molecule has 1 atom stereocenters. The Morgan fingerprint density at radius 3 is 2.67 bits per heavy atom. The maximum Gasteiger partial charge on any atom is 0.282 e. The summed E-state index contributed by atoms with van der Waals surface area (Å²) in [5.41, 5.74) is 0.726. The molecule has 0 N–H and O–H groups in total. The van der Waals surface area contributed by atoms with Gasteiger partial charge in [-0.1, -0.05) is 12.1 Å². The van der Waals surface area contributed by atoms with E-state index in [2.05, 4.69) is 0 Å². The lowest BCUT2D eigenvalue weighted by atomic mass is 10.1. The minimum atomic E-state index is -3.51. The molecular formula is C14H19FN2O3S. The van der Waals surface area contributed by atoms with Gasteiger partial charge in [0.15, 0.2) is 0 Å². The molecule has 3 rings (SSSR count). The van der Waals surface area contributed by atoms with Gasteiger partial charge in [-0.25, -0.2) is 4.39 Å². The van der Waals surface area contributed by atoms with Gasteiger partial charge in [-0.3, -0.25) is 0 Å². The summed E-state index contributed by atoms with van der Waals surface area (Å²) in [6.45, 7) is 2.11. The molecule has 2 aliphatic rings. The Labute approximate surface area is 124 Å². The molecule has 0 aromatic heterocycles. The minimum Gasteiger partial charge on any atom is -0.379 e. The van der Waals surface area contributed by atoms with E-state index in [1.807, 2.05) is 0 Å². The molecule has 2 aliphatic heterocycles. The van der Waals surface area contributed by atoms with Crippen LogP contribution in [0.2, 0.25) is 0 Å². The molecule has 1 aromatic rings. The summed E-state index contributed by atoms with van der Waals surface area (Å²) in [6, 6.07) is 5.95. The molecule has 2 fully saturated rings. The largest absolute Gasteiger partial charge is 0.379 e. The van der Waals surface area contributed by atoms with Crippen LogP contribution in [-0.4, -0.2) is 49.9 Å². The highest BCUT2D eigenvalue weighted by Crippen LogP contribution is 2.35. The number of benzene rings is 1. The van der Waals surface area contributed by atoms with Crippen LogP contribution in [0.15, 0.2) is 24.3 Å². The number of hydrogen-bond acceptors (Lipinski definition) is 3. The smallest absolute Gasteiger partial charge is 0.282 e. The fourth-order valence-corrected chi connectivity index (χ4v) is 4.80. The van der Waals surface area contributed by atoms with Crippen LogP contribution in [0.4, 0.5) is 4.39 Å². The maximum absolute atomic E-state index is 13.4. The SMILES string of the molecule is O=S(=O)(N1CCOCC1)N1CCC[C@H]1c1cccc(F)c1. The van der Waals surface area contributed by atoms with Crippen LogP contribution in [-0.2, 0) is 14.9 Å².